The molecule has 1 aromatic carbocycles. The van der Waals surface area contributed by atoms with Crippen molar-refractivity contribution in [1.29, 1.82) is 0 Å². The third kappa shape index (κ3) is 6.28. The first-order chi connectivity index (χ1) is 13.8. The summed E-state index contributed by atoms with van der Waals surface area (Å²) in [7, 11) is 0. The lowest BCUT2D eigenvalue weighted by atomic mass is 10.2. The Morgan fingerprint density at radius 3 is 2.66 bits per heavy atom. The van der Waals surface area contributed by atoms with Gasteiger partial charge in [0.2, 0.25) is 5.88 Å². The summed E-state index contributed by atoms with van der Waals surface area (Å²) in [6.07, 6.45) is -2.46. The average molecular weight is 421 g/mol. The molecule has 2 heterocycles. The second kappa shape index (κ2) is 9.04. The molecule has 0 atom stereocenters. The van der Waals surface area contributed by atoms with Crippen LogP contribution in [0.1, 0.15) is 31.5 Å². The van der Waals surface area contributed by atoms with Crippen LogP contribution in [0.4, 0.5) is 13.2 Å². The van der Waals surface area contributed by atoms with Crippen molar-refractivity contribution < 1.29 is 22.7 Å². The number of carbonyl (C=O) groups excluding carboxylic acids is 1. The molecule has 3 rings (SSSR count). The number of nitrogens with one attached hydrogen (secondary N) is 1. The number of ether oxygens (including phenoxy) is 1. The molecule has 0 saturated carbocycles. The molecule has 5 nitrogen and oxygen atoms in total. The van der Waals surface area contributed by atoms with Gasteiger partial charge in [-0.3, -0.25) is 4.79 Å². The third-order valence-corrected chi connectivity index (χ3v) is 5.04. The number of carbonyl (C=O) groups is 1. The number of alkyl halides is 3. The van der Waals surface area contributed by atoms with Crippen molar-refractivity contribution >= 4 is 17.2 Å². The summed E-state index contributed by atoms with van der Waals surface area (Å²) in [6.45, 7) is 0.491. The van der Waals surface area contributed by atoms with Crippen LogP contribution in [0.15, 0.2) is 48.7 Å². The van der Waals surface area contributed by atoms with Crippen molar-refractivity contribution in [2.75, 3.05) is 6.61 Å². The molecule has 2 aromatic heterocycles. The van der Waals surface area contributed by atoms with Crippen LogP contribution in [-0.2, 0) is 13.0 Å². The van der Waals surface area contributed by atoms with Crippen molar-refractivity contribution in [1.82, 2.24) is 15.3 Å². The zero-order chi connectivity index (χ0) is 20.9. The summed E-state index contributed by atoms with van der Waals surface area (Å²) in [5.74, 6) is -0.429. The zero-order valence-electron chi connectivity index (χ0n) is 15.5. The average Bonchev–Trinajstić information content (AvgIpc) is 3.05. The maximum Gasteiger partial charge on any atom is 0.422 e. The van der Waals surface area contributed by atoms with Crippen LogP contribution in [0.25, 0.3) is 0 Å². The molecule has 0 radical (unpaired) electrons. The molecule has 0 unspecified atom stereocenters. The Labute approximate surface area is 169 Å². The van der Waals surface area contributed by atoms with Gasteiger partial charge in [-0.2, -0.15) is 13.2 Å². The van der Waals surface area contributed by atoms with E-state index >= 15 is 0 Å². The minimum absolute atomic E-state index is 0.134. The molecule has 0 saturated heterocycles. The van der Waals surface area contributed by atoms with Crippen LogP contribution in [0.2, 0.25) is 0 Å². The van der Waals surface area contributed by atoms with Crippen molar-refractivity contribution in [3.63, 3.8) is 0 Å². The Morgan fingerprint density at radius 1 is 1.17 bits per heavy atom. The zero-order valence-corrected chi connectivity index (χ0v) is 16.3. The summed E-state index contributed by atoms with van der Waals surface area (Å²) >= 11 is 1.33. The fourth-order valence-electron chi connectivity index (χ4n) is 2.57. The molecule has 0 fully saturated rings. The van der Waals surface area contributed by atoms with Gasteiger partial charge in [-0.25, -0.2) is 9.97 Å². The summed E-state index contributed by atoms with van der Waals surface area (Å²) in [4.78, 5) is 21.2. The summed E-state index contributed by atoms with van der Waals surface area (Å²) in [5.41, 5.74) is 2.33. The lowest BCUT2D eigenvalue weighted by Crippen LogP contribution is -2.23. The number of amides is 1. The highest BCUT2D eigenvalue weighted by atomic mass is 32.1. The monoisotopic (exact) mass is 421 g/mol. The number of rotatable bonds is 7. The predicted molar refractivity (Wildman–Crippen MR) is 103 cm³/mol. The number of aromatic nitrogens is 2. The standard InChI is InChI=1S/C20H18F3N3O2S/c1-13-18(29-17(26-13)10-14-5-3-2-4-6-14)19(27)25-11-15-7-8-24-16(9-15)28-12-20(21,22)23/h2-9H,10-12H2,1H3,(H,25,27). The number of aryl methyl sites for hydroxylation is 1. The van der Waals surface area contributed by atoms with Crippen LogP contribution in [0.5, 0.6) is 5.88 Å². The number of thiazole rings is 1. The number of benzene rings is 1. The quantitative estimate of drug-likeness (QED) is 0.618. The van der Waals surface area contributed by atoms with Crippen molar-refractivity contribution in [2.45, 2.75) is 26.1 Å². The Hall–Kier alpha value is -2.94. The minimum atomic E-state index is -4.44. The van der Waals surface area contributed by atoms with E-state index in [4.69, 9.17) is 0 Å². The number of hydrogen-bond donors (Lipinski definition) is 1. The van der Waals surface area contributed by atoms with Gasteiger partial charge < -0.3 is 10.1 Å². The lowest BCUT2D eigenvalue weighted by molar-refractivity contribution is -0.154. The highest BCUT2D eigenvalue weighted by Crippen LogP contribution is 2.21. The van der Waals surface area contributed by atoms with E-state index < -0.39 is 12.8 Å². The van der Waals surface area contributed by atoms with Gasteiger partial charge in [0.05, 0.1) is 10.7 Å². The van der Waals surface area contributed by atoms with Gasteiger partial charge >= 0.3 is 6.18 Å². The Morgan fingerprint density at radius 2 is 1.93 bits per heavy atom. The van der Waals surface area contributed by atoms with Gasteiger partial charge in [0.1, 0.15) is 4.88 Å². The molecule has 0 spiro atoms. The molecule has 152 valence electrons. The normalized spacial score (nSPS) is 11.3. The molecular formula is C20H18F3N3O2S. The van der Waals surface area contributed by atoms with E-state index in [9.17, 15) is 18.0 Å². The lowest BCUT2D eigenvalue weighted by Gasteiger charge is -2.09. The molecule has 0 bridgehead atoms. The van der Waals surface area contributed by atoms with Gasteiger partial charge in [-0.05, 0) is 24.1 Å². The second-order valence-corrected chi connectivity index (χ2v) is 7.36. The highest BCUT2D eigenvalue weighted by Gasteiger charge is 2.28. The molecule has 3 aromatic rings. The van der Waals surface area contributed by atoms with E-state index in [2.05, 4.69) is 20.0 Å². The van der Waals surface area contributed by atoms with E-state index in [0.717, 1.165) is 10.6 Å². The minimum Gasteiger partial charge on any atom is -0.468 e. The van der Waals surface area contributed by atoms with E-state index in [1.54, 1.807) is 13.0 Å². The van der Waals surface area contributed by atoms with Crippen LogP contribution in [0.3, 0.4) is 0 Å². The Balaban J connectivity index is 1.60. The van der Waals surface area contributed by atoms with Gasteiger partial charge in [-0.15, -0.1) is 11.3 Å². The van der Waals surface area contributed by atoms with Crippen molar-refractivity contribution in [3.05, 3.63) is 75.4 Å². The van der Waals surface area contributed by atoms with Crippen LogP contribution in [-0.4, -0.2) is 28.7 Å². The first kappa shape index (κ1) is 20.8. The van der Waals surface area contributed by atoms with Crippen LogP contribution in [0, 0.1) is 6.92 Å². The molecule has 1 amide bonds. The maximum atomic E-state index is 12.5. The maximum absolute atomic E-state index is 12.5. The molecule has 0 aliphatic heterocycles. The van der Waals surface area contributed by atoms with Crippen LogP contribution < -0.4 is 10.1 Å². The third-order valence-electron chi connectivity index (χ3n) is 3.88. The molecule has 0 aliphatic rings. The second-order valence-electron chi connectivity index (χ2n) is 6.27. The van der Waals surface area contributed by atoms with Crippen LogP contribution >= 0.6 is 11.3 Å². The molecule has 1 N–H and O–H groups in total. The topological polar surface area (TPSA) is 64.1 Å². The Kier molecular flexibility index (Phi) is 6.48. The first-order valence-electron chi connectivity index (χ1n) is 8.73. The fourth-order valence-corrected chi connectivity index (χ4v) is 3.58. The smallest absolute Gasteiger partial charge is 0.422 e. The molecule has 29 heavy (non-hydrogen) atoms. The molecule has 9 heteroatoms. The summed E-state index contributed by atoms with van der Waals surface area (Å²) in [6, 6.07) is 12.8. The van der Waals surface area contributed by atoms with E-state index in [0.29, 0.717) is 22.6 Å². The van der Waals surface area contributed by atoms with E-state index in [1.807, 2.05) is 30.3 Å². The SMILES string of the molecule is Cc1nc(Cc2ccccc2)sc1C(=O)NCc1ccnc(OCC(F)(F)F)c1. The van der Waals surface area contributed by atoms with E-state index in [-0.39, 0.29) is 18.3 Å². The predicted octanol–water partition coefficient (Wildman–Crippen LogP) is 4.31. The number of nitrogens with zero attached hydrogens (tertiary/aromatic N) is 2. The number of halogens is 3. The fraction of sp³-hybridized carbons (Fsp3) is 0.250. The van der Waals surface area contributed by atoms with Gasteiger partial charge in [0.15, 0.2) is 6.61 Å². The van der Waals surface area contributed by atoms with Crippen molar-refractivity contribution in [3.8, 4) is 5.88 Å². The van der Waals surface area contributed by atoms with E-state index in [1.165, 1.54) is 23.6 Å². The molecular weight excluding hydrogens is 403 g/mol. The van der Waals surface area contributed by atoms with Gasteiger partial charge in [0.25, 0.3) is 5.91 Å². The van der Waals surface area contributed by atoms with Gasteiger partial charge in [-0.1, -0.05) is 30.3 Å². The summed E-state index contributed by atoms with van der Waals surface area (Å²) in [5, 5.41) is 3.60. The number of hydrogen-bond acceptors (Lipinski definition) is 5. The van der Waals surface area contributed by atoms with Gasteiger partial charge in [0, 0.05) is 25.2 Å². The number of pyridine rings is 1. The highest BCUT2D eigenvalue weighted by molar-refractivity contribution is 7.13. The van der Waals surface area contributed by atoms with Crippen molar-refractivity contribution in [2.24, 2.45) is 0 Å². The molecule has 0 aliphatic carbocycles. The Bertz CT molecular complexity index is 975. The summed E-state index contributed by atoms with van der Waals surface area (Å²) < 4.78 is 41.4. The largest absolute Gasteiger partial charge is 0.468 e. The first-order valence-corrected chi connectivity index (χ1v) is 9.55.